The molecule has 0 bridgehead atoms. The van der Waals surface area contributed by atoms with Gasteiger partial charge in [-0.1, -0.05) is 0 Å². The number of ether oxygens (including phenoxy) is 1. The van der Waals surface area contributed by atoms with Gasteiger partial charge in [0.05, 0.1) is 0 Å². The van der Waals surface area contributed by atoms with Gasteiger partial charge in [-0.2, -0.15) is 0 Å². The highest BCUT2D eigenvalue weighted by atomic mass is 16.5. The Morgan fingerprint density at radius 1 is 1.53 bits per heavy atom. The number of likely N-dealkylation sites (N-methyl/N-ethyl adjacent to an activating group) is 1. The average molecular weight is 243 g/mol. The fourth-order valence-electron chi connectivity index (χ4n) is 1.60. The van der Waals surface area contributed by atoms with Crippen molar-refractivity contribution in [1.82, 2.24) is 15.6 Å². The lowest BCUT2D eigenvalue weighted by molar-refractivity contribution is 0.197. The zero-order valence-electron chi connectivity index (χ0n) is 10.9. The second-order valence-electron chi connectivity index (χ2n) is 4.36. The lowest BCUT2D eigenvalue weighted by Crippen LogP contribution is -2.44. The topological polar surface area (TPSA) is 74.9 Å². The van der Waals surface area contributed by atoms with Gasteiger partial charge >= 0.3 is 0 Å². The van der Waals surface area contributed by atoms with Crippen molar-refractivity contribution in [3.8, 4) is 0 Å². The van der Waals surface area contributed by atoms with Gasteiger partial charge in [-0.25, -0.2) is 5.84 Å². The van der Waals surface area contributed by atoms with Crippen LogP contribution in [-0.2, 0) is 4.74 Å². The van der Waals surface area contributed by atoms with Gasteiger partial charge in [0.2, 0.25) is 5.96 Å². The fraction of sp³-hybridized carbons (Fsp3) is 0.909. The van der Waals surface area contributed by atoms with Gasteiger partial charge in [-0.3, -0.25) is 10.4 Å². The number of nitrogens with one attached hydrogen (secondary N) is 2. The highest BCUT2D eigenvalue weighted by Crippen LogP contribution is 2.24. The van der Waals surface area contributed by atoms with Gasteiger partial charge in [0, 0.05) is 39.4 Å². The van der Waals surface area contributed by atoms with Crippen LogP contribution >= 0.6 is 0 Å². The largest absolute Gasteiger partial charge is 0.385 e. The molecule has 0 aromatic rings. The molecule has 0 amide bonds. The third-order valence-electron chi connectivity index (χ3n) is 2.84. The Kier molecular flexibility index (Phi) is 6.91. The summed E-state index contributed by atoms with van der Waals surface area (Å²) in [5, 5.41) is 3.19. The average Bonchev–Trinajstić information content (AvgIpc) is 3.16. The first kappa shape index (κ1) is 14.2. The summed E-state index contributed by atoms with van der Waals surface area (Å²) in [4.78, 5) is 6.68. The zero-order chi connectivity index (χ0) is 12.5. The lowest BCUT2D eigenvalue weighted by Gasteiger charge is -2.16. The molecule has 1 rings (SSSR count). The molecule has 4 N–H and O–H groups in total. The summed E-state index contributed by atoms with van der Waals surface area (Å²) in [6.45, 7) is 3.33. The quantitative estimate of drug-likeness (QED) is 0.177. The number of aliphatic imine (C=N–C) groups is 1. The van der Waals surface area contributed by atoms with E-state index in [0.717, 1.165) is 38.7 Å². The van der Waals surface area contributed by atoms with Crippen molar-refractivity contribution in [3.63, 3.8) is 0 Å². The molecule has 0 atom stereocenters. The third-order valence-corrected chi connectivity index (χ3v) is 2.84. The SMILES string of the molecule is COCCCN=C(NN)NCCN(C)C1CC1. The van der Waals surface area contributed by atoms with Crippen LogP contribution in [0.25, 0.3) is 0 Å². The van der Waals surface area contributed by atoms with E-state index in [1.165, 1.54) is 12.8 Å². The van der Waals surface area contributed by atoms with Gasteiger partial charge in [0.25, 0.3) is 0 Å². The number of nitrogens with two attached hydrogens (primary N) is 1. The van der Waals surface area contributed by atoms with Crippen molar-refractivity contribution in [2.75, 3.05) is 40.4 Å². The molecule has 0 unspecified atom stereocenters. The van der Waals surface area contributed by atoms with Crippen LogP contribution in [0.5, 0.6) is 0 Å². The van der Waals surface area contributed by atoms with E-state index in [9.17, 15) is 0 Å². The van der Waals surface area contributed by atoms with Gasteiger partial charge in [0.15, 0.2) is 0 Å². The summed E-state index contributed by atoms with van der Waals surface area (Å²) in [6.07, 6.45) is 3.58. The first-order valence-electron chi connectivity index (χ1n) is 6.22. The van der Waals surface area contributed by atoms with Crippen LogP contribution in [-0.4, -0.2) is 57.3 Å². The molecule has 0 saturated heterocycles. The van der Waals surface area contributed by atoms with Crippen LogP contribution in [0, 0.1) is 0 Å². The maximum atomic E-state index is 5.39. The van der Waals surface area contributed by atoms with Crippen molar-refractivity contribution in [2.45, 2.75) is 25.3 Å². The Bertz CT molecular complexity index is 230. The van der Waals surface area contributed by atoms with Gasteiger partial charge in [-0.15, -0.1) is 0 Å². The minimum absolute atomic E-state index is 0.658. The van der Waals surface area contributed by atoms with Crippen LogP contribution < -0.4 is 16.6 Å². The summed E-state index contributed by atoms with van der Waals surface area (Å²) in [5.74, 6) is 6.05. The molecular formula is C11H25N5O. The Balaban J connectivity index is 2.07. The van der Waals surface area contributed by atoms with Gasteiger partial charge in [-0.05, 0) is 26.3 Å². The predicted octanol–water partition coefficient (Wildman–Crippen LogP) is -0.474. The number of hydrazine groups is 1. The Hall–Kier alpha value is -0.850. The zero-order valence-corrected chi connectivity index (χ0v) is 10.9. The fourth-order valence-corrected chi connectivity index (χ4v) is 1.60. The van der Waals surface area contributed by atoms with Crippen molar-refractivity contribution < 1.29 is 4.74 Å². The van der Waals surface area contributed by atoms with E-state index in [1.807, 2.05) is 0 Å². The van der Waals surface area contributed by atoms with Crippen molar-refractivity contribution in [1.29, 1.82) is 0 Å². The van der Waals surface area contributed by atoms with E-state index < -0.39 is 0 Å². The molecule has 0 radical (unpaired) electrons. The monoisotopic (exact) mass is 243 g/mol. The predicted molar refractivity (Wildman–Crippen MR) is 69.8 cm³/mol. The molecule has 0 spiro atoms. The minimum atomic E-state index is 0.658. The molecule has 0 aromatic carbocycles. The van der Waals surface area contributed by atoms with Crippen LogP contribution in [0.4, 0.5) is 0 Å². The Morgan fingerprint density at radius 2 is 2.29 bits per heavy atom. The molecule has 17 heavy (non-hydrogen) atoms. The highest BCUT2D eigenvalue weighted by Gasteiger charge is 2.25. The van der Waals surface area contributed by atoms with E-state index in [4.69, 9.17) is 10.6 Å². The number of guanidine groups is 1. The van der Waals surface area contributed by atoms with Crippen molar-refractivity contribution >= 4 is 5.96 Å². The summed E-state index contributed by atoms with van der Waals surface area (Å²) >= 11 is 0. The van der Waals surface area contributed by atoms with Crippen LogP contribution in [0.15, 0.2) is 4.99 Å². The molecular weight excluding hydrogens is 218 g/mol. The molecule has 6 heteroatoms. The maximum Gasteiger partial charge on any atom is 0.205 e. The maximum absolute atomic E-state index is 5.39. The standard InChI is InChI=1S/C11H25N5O/c1-16(10-4-5-10)8-7-14-11(15-12)13-6-3-9-17-2/h10H,3-9,12H2,1-2H3,(H2,13,14,15). The molecule has 1 aliphatic carbocycles. The second kappa shape index (κ2) is 8.27. The van der Waals surface area contributed by atoms with Crippen molar-refractivity contribution in [2.24, 2.45) is 10.8 Å². The van der Waals surface area contributed by atoms with Gasteiger partial charge < -0.3 is 15.0 Å². The molecule has 0 aliphatic heterocycles. The molecule has 0 aromatic heterocycles. The number of nitrogens with zero attached hydrogens (tertiary/aromatic N) is 2. The summed E-state index contributed by atoms with van der Waals surface area (Å²) in [6, 6.07) is 0.796. The van der Waals surface area contributed by atoms with Crippen LogP contribution in [0.3, 0.4) is 0 Å². The Morgan fingerprint density at radius 3 is 2.88 bits per heavy atom. The number of rotatable bonds is 8. The Labute approximate surface area is 104 Å². The lowest BCUT2D eigenvalue weighted by atomic mass is 10.4. The molecule has 1 saturated carbocycles. The minimum Gasteiger partial charge on any atom is -0.385 e. The first-order chi connectivity index (χ1) is 8.27. The highest BCUT2D eigenvalue weighted by molar-refractivity contribution is 5.79. The number of methoxy groups -OCH3 is 1. The smallest absolute Gasteiger partial charge is 0.205 e. The summed E-state index contributed by atoms with van der Waals surface area (Å²) in [5.41, 5.74) is 2.58. The number of hydrogen-bond acceptors (Lipinski definition) is 4. The van der Waals surface area contributed by atoms with E-state index in [2.05, 4.69) is 27.7 Å². The van der Waals surface area contributed by atoms with E-state index in [-0.39, 0.29) is 0 Å². The van der Waals surface area contributed by atoms with Gasteiger partial charge in [0.1, 0.15) is 0 Å². The van der Waals surface area contributed by atoms with E-state index in [1.54, 1.807) is 7.11 Å². The normalized spacial score (nSPS) is 16.4. The molecule has 1 aliphatic rings. The molecule has 6 nitrogen and oxygen atoms in total. The van der Waals surface area contributed by atoms with Crippen molar-refractivity contribution in [3.05, 3.63) is 0 Å². The second-order valence-corrected chi connectivity index (χ2v) is 4.36. The first-order valence-corrected chi connectivity index (χ1v) is 6.22. The number of hydrogen-bond donors (Lipinski definition) is 3. The summed E-state index contributed by atoms with van der Waals surface area (Å²) in [7, 11) is 3.85. The van der Waals surface area contributed by atoms with E-state index >= 15 is 0 Å². The molecule has 100 valence electrons. The molecule has 1 fully saturated rings. The van der Waals surface area contributed by atoms with E-state index in [0.29, 0.717) is 5.96 Å². The van der Waals surface area contributed by atoms with Crippen LogP contribution in [0.2, 0.25) is 0 Å². The van der Waals surface area contributed by atoms with Crippen LogP contribution in [0.1, 0.15) is 19.3 Å². The molecule has 0 heterocycles. The third kappa shape index (κ3) is 6.45. The summed E-state index contributed by atoms with van der Waals surface area (Å²) < 4.78 is 4.96.